The minimum Gasteiger partial charge on any atom is -0.264 e. The molecule has 0 radical (unpaired) electrons. The molecule has 0 amide bonds. The van der Waals surface area contributed by atoms with Gasteiger partial charge in [-0.05, 0) is 30.0 Å². The van der Waals surface area contributed by atoms with Gasteiger partial charge < -0.3 is 0 Å². The number of para-hydroxylation sites is 1. The molecule has 1 aromatic heterocycles. The van der Waals surface area contributed by atoms with Crippen LogP contribution >= 0.6 is 0 Å². The number of fused-ring (bicyclic) bond motifs is 1. The number of rotatable bonds is 1. The van der Waals surface area contributed by atoms with Gasteiger partial charge >= 0.3 is 0 Å². The second-order valence-electron chi connectivity index (χ2n) is 4.46. The molecule has 84 valence electrons. The van der Waals surface area contributed by atoms with Crippen LogP contribution in [0.3, 0.4) is 0 Å². The van der Waals surface area contributed by atoms with E-state index < -0.39 is 0 Å². The second-order valence-corrected chi connectivity index (χ2v) is 4.46. The molecular weight excluding hydrogens is 208 g/mol. The lowest BCUT2D eigenvalue weighted by Gasteiger charge is -2.21. The van der Waals surface area contributed by atoms with Crippen molar-refractivity contribution >= 4 is 11.4 Å². The quantitative estimate of drug-likeness (QED) is 0.722. The summed E-state index contributed by atoms with van der Waals surface area (Å²) in [7, 11) is 0. The van der Waals surface area contributed by atoms with Gasteiger partial charge in [-0.25, -0.2) is 0 Å². The highest BCUT2D eigenvalue weighted by molar-refractivity contribution is 6.03. The Hall–Kier alpha value is -1.96. The highest BCUT2D eigenvalue weighted by atomic mass is 14.8. The van der Waals surface area contributed by atoms with Crippen LogP contribution in [-0.4, -0.2) is 10.7 Å². The van der Waals surface area contributed by atoms with Crippen molar-refractivity contribution in [2.75, 3.05) is 0 Å². The highest BCUT2D eigenvalue weighted by Gasteiger charge is 2.19. The number of pyridine rings is 1. The summed E-state index contributed by atoms with van der Waals surface area (Å²) in [6.07, 6.45) is 4.67. The molecule has 0 aliphatic carbocycles. The van der Waals surface area contributed by atoms with E-state index in [4.69, 9.17) is 4.99 Å². The SMILES string of the molecule is CC1CC(c2cccnc2)=Nc2ccccc21. The molecule has 17 heavy (non-hydrogen) atoms. The molecule has 2 nitrogen and oxygen atoms in total. The molecule has 1 atom stereocenters. The molecule has 0 bridgehead atoms. The topological polar surface area (TPSA) is 25.2 Å². The largest absolute Gasteiger partial charge is 0.264 e. The Morgan fingerprint density at radius 3 is 2.82 bits per heavy atom. The molecule has 1 aromatic carbocycles. The van der Waals surface area contributed by atoms with Crippen molar-refractivity contribution in [2.45, 2.75) is 19.3 Å². The van der Waals surface area contributed by atoms with Gasteiger partial charge in [0.1, 0.15) is 0 Å². The monoisotopic (exact) mass is 222 g/mol. The van der Waals surface area contributed by atoms with Gasteiger partial charge in [0.15, 0.2) is 0 Å². The van der Waals surface area contributed by atoms with Crippen molar-refractivity contribution in [2.24, 2.45) is 4.99 Å². The van der Waals surface area contributed by atoms with Crippen LogP contribution in [0.4, 0.5) is 5.69 Å². The van der Waals surface area contributed by atoms with Gasteiger partial charge in [0.05, 0.1) is 11.4 Å². The van der Waals surface area contributed by atoms with Crippen LogP contribution in [0.15, 0.2) is 53.8 Å². The third-order valence-corrected chi connectivity index (χ3v) is 3.22. The van der Waals surface area contributed by atoms with Crippen molar-refractivity contribution in [1.29, 1.82) is 0 Å². The molecule has 0 spiro atoms. The average molecular weight is 222 g/mol. The summed E-state index contributed by atoms with van der Waals surface area (Å²) in [6.45, 7) is 2.25. The maximum absolute atomic E-state index is 4.74. The van der Waals surface area contributed by atoms with E-state index in [2.05, 4.69) is 36.2 Å². The Balaban J connectivity index is 2.08. The fourth-order valence-corrected chi connectivity index (χ4v) is 2.31. The Morgan fingerprint density at radius 2 is 2.00 bits per heavy atom. The van der Waals surface area contributed by atoms with Gasteiger partial charge in [0.2, 0.25) is 0 Å². The van der Waals surface area contributed by atoms with Crippen molar-refractivity contribution in [3.63, 3.8) is 0 Å². The molecule has 3 rings (SSSR count). The van der Waals surface area contributed by atoms with Gasteiger partial charge in [0.25, 0.3) is 0 Å². The molecule has 2 aromatic rings. The first-order valence-corrected chi connectivity index (χ1v) is 5.91. The van der Waals surface area contributed by atoms with Gasteiger partial charge in [-0.1, -0.05) is 31.2 Å². The number of aliphatic imine (C=N–C) groups is 1. The maximum atomic E-state index is 4.74. The molecule has 0 saturated carbocycles. The van der Waals surface area contributed by atoms with Crippen LogP contribution in [-0.2, 0) is 0 Å². The van der Waals surface area contributed by atoms with Gasteiger partial charge in [-0.15, -0.1) is 0 Å². The summed E-state index contributed by atoms with van der Waals surface area (Å²) in [5, 5.41) is 0. The fourth-order valence-electron chi connectivity index (χ4n) is 2.31. The van der Waals surface area contributed by atoms with Crippen molar-refractivity contribution in [3.8, 4) is 0 Å². The smallest absolute Gasteiger partial charge is 0.0668 e. The van der Waals surface area contributed by atoms with E-state index in [1.165, 1.54) is 5.56 Å². The van der Waals surface area contributed by atoms with Gasteiger partial charge in [0, 0.05) is 18.0 Å². The summed E-state index contributed by atoms with van der Waals surface area (Å²) in [5.41, 5.74) is 4.73. The molecule has 2 heteroatoms. The predicted octanol–water partition coefficient (Wildman–Crippen LogP) is 3.71. The maximum Gasteiger partial charge on any atom is 0.0668 e. The molecular formula is C15H14N2. The van der Waals surface area contributed by atoms with E-state index in [1.807, 2.05) is 18.3 Å². The number of hydrogen-bond acceptors (Lipinski definition) is 2. The normalized spacial score (nSPS) is 18.4. The van der Waals surface area contributed by atoms with E-state index in [-0.39, 0.29) is 0 Å². The van der Waals surface area contributed by atoms with E-state index >= 15 is 0 Å². The Labute approximate surface area is 101 Å². The zero-order valence-electron chi connectivity index (χ0n) is 9.80. The summed E-state index contributed by atoms with van der Waals surface area (Å²) >= 11 is 0. The van der Waals surface area contributed by atoms with Gasteiger partial charge in [-0.2, -0.15) is 0 Å². The molecule has 0 saturated heterocycles. The van der Waals surface area contributed by atoms with E-state index in [1.54, 1.807) is 6.20 Å². The minimum absolute atomic E-state index is 0.527. The molecule has 1 aliphatic rings. The van der Waals surface area contributed by atoms with E-state index in [0.717, 1.165) is 23.4 Å². The Bertz CT molecular complexity index is 558. The number of benzene rings is 1. The number of nitrogens with zero attached hydrogens (tertiary/aromatic N) is 2. The standard InChI is InChI=1S/C15H14N2/c1-11-9-15(12-5-4-8-16-10-12)17-14-7-3-2-6-13(11)14/h2-8,10-11H,9H2,1H3. The van der Waals surface area contributed by atoms with Crippen LogP contribution in [0.2, 0.25) is 0 Å². The van der Waals surface area contributed by atoms with Crippen LogP contribution in [0, 0.1) is 0 Å². The predicted molar refractivity (Wildman–Crippen MR) is 69.9 cm³/mol. The molecule has 0 N–H and O–H groups in total. The van der Waals surface area contributed by atoms with Crippen LogP contribution < -0.4 is 0 Å². The third-order valence-electron chi connectivity index (χ3n) is 3.22. The highest BCUT2D eigenvalue weighted by Crippen LogP contribution is 2.35. The first-order valence-electron chi connectivity index (χ1n) is 5.91. The van der Waals surface area contributed by atoms with Crippen LogP contribution in [0.25, 0.3) is 0 Å². The fraction of sp³-hybridized carbons (Fsp3) is 0.200. The summed E-state index contributed by atoms with van der Waals surface area (Å²) in [4.78, 5) is 8.90. The average Bonchev–Trinajstić information content (AvgIpc) is 2.40. The molecule has 2 heterocycles. The zero-order chi connectivity index (χ0) is 11.7. The van der Waals surface area contributed by atoms with E-state index in [0.29, 0.717) is 5.92 Å². The Morgan fingerprint density at radius 1 is 1.12 bits per heavy atom. The second kappa shape index (κ2) is 4.13. The third kappa shape index (κ3) is 1.86. The van der Waals surface area contributed by atoms with Crippen molar-refractivity contribution < 1.29 is 0 Å². The van der Waals surface area contributed by atoms with Gasteiger partial charge in [-0.3, -0.25) is 9.98 Å². The van der Waals surface area contributed by atoms with Crippen molar-refractivity contribution in [3.05, 3.63) is 59.9 Å². The lowest BCUT2D eigenvalue weighted by molar-refractivity contribution is 0.791. The van der Waals surface area contributed by atoms with Crippen molar-refractivity contribution in [1.82, 2.24) is 4.98 Å². The first-order chi connectivity index (χ1) is 8.34. The van der Waals surface area contributed by atoms with E-state index in [9.17, 15) is 0 Å². The minimum atomic E-state index is 0.527. The Kier molecular flexibility index (Phi) is 2.48. The van der Waals surface area contributed by atoms with Crippen LogP contribution in [0.1, 0.15) is 30.4 Å². The molecule has 0 fully saturated rings. The number of aromatic nitrogens is 1. The molecule has 1 unspecified atom stereocenters. The zero-order valence-corrected chi connectivity index (χ0v) is 9.80. The first kappa shape index (κ1) is 10.2. The summed E-state index contributed by atoms with van der Waals surface area (Å²) < 4.78 is 0. The lowest BCUT2D eigenvalue weighted by atomic mass is 9.89. The number of hydrogen-bond donors (Lipinski definition) is 0. The summed E-state index contributed by atoms with van der Waals surface area (Å²) in [6, 6.07) is 12.4. The van der Waals surface area contributed by atoms with Crippen LogP contribution in [0.5, 0.6) is 0 Å². The lowest BCUT2D eigenvalue weighted by Crippen LogP contribution is -2.11. The molecule has 1 aliphatic heterocycles. The summed E-state index contributed by atoms with van der Waals surface area (Å²) in [5.74, 6) is 0.527.